The molecule has 0 radical (unpaired) electrons. The van der Waals surface area contributed by atoms with Gasteiger partial charge in [-0.1, -0.05) is 75.6 Å². The highest BCUT2D eigenvalue weighted by atomic mass is 14.3. The van der Waals surface area contributed by atoms with Crippen LogP contribution in [0.1, 0.15) is 27.7 Å². The van der Waals surface area contributed by atoms with Crippen molar-refractivity contribution in [3.8, 4) is 0 Å². The summed E-state index contributed by atoms with van der Waals surface area (Å²) >= 11 is 0. The van der Waals surface area contributed by atoms with Crippen LogP contribution in [0.25, 0.3) is 0 Å². The highest BCUT2D eigenvalue weighted by Crippen LogP contribution is 2.36. The van der Waals surface area contributed by atoms with E-state index >= 15 is 0 Å². The average Bonchev–Trinajstić information content (AvgIpc) is 2.30. The van der Waals surface area contributed by atoms with Crippen molar-refractivity contribution in [2.75, 3.05) is 0 Å². The van der Waals surface area contributed by atoms with E-state index in [-0.39, 0.29) is 5.41 Å². The minimum absolute atomic E-state index is 0.0461. The van der Waals surface area contributed by atoms with Crippen LogP contribution in [-0.4, -0.2) is 0 Å². The van der Waals surface area contributed by atoms with Crippen LogP contribution in [0, 0.1) is 5.41 Å². The number of hydrogen-bond acceptors (Lipinski definition) is 0. The van der Waals surface area contributed by atoms with Crippen molar-refractivity contribution in [2.24, 2.45) is 5.41 Å². The summed E-state index contributed by atoms with van der Waals surface area (Å²) in [4.78, 5) is 0. The predicted octanol–water partition coefficient (Wildman–Crippen LogP) is 5.39. The maximum atomic E-state index is 3.90. The molecule has 0 saturated carbocycles. The van der Waals surface area contributed by atoms with E-state index in [9.17, 15) is 0 Å². The molecule has 0 unspecified atom stereocenters. The first kappa shape index (κ1) is 15.4. The van der Waals surface area contributed by atoms with Crippen molar-refractivity contribution >= 4 is 0 Å². The van der Waals surface area contributed by atoms with Gasteiger partial charge in [0.2, 0.25) is 0 Å². The molecule has 92 valence electrons. The van der Waals surface area contributed by atoms with E-state index < -0.39 is 0 Å². The lowest BCUT2D eigenvalue weighted by atomic mass is 9.76. The summed E-state index contributed by atoms with van der Waals surface area (Å²) in [7, 11) is 0. The second kappa shape index (κ2) is 7.67. The predicted molar refractivity (Wildman–Crippen MR) is 80.0 cm³/mol. The third-order valence-electron chi connectivity index (χ3n) is 2.85. The monoisotopic (exact) mass is 228 g/mol. The molecule has 0 saturated heterocycles. The fourth-order valence-electron chi connectivity index (χ4n) is 1.74. The van der Waals surface area contributed by atoms with Gasteiger partial charge in [-0.25, -0.2) is 0 Å². The molecule has 0 N–H and O–H groups in total. The van der Waals surface area contributed by atoms with E-state index in [4.69, 9.17) is 0 Å². The molecular formula is C17H24. The third kappa shape index (κ3) is 4.44. The fourth-order valence-corrected chi connectivity index (χ4v) is 1.74. The lowest BCUT2D eigenvalue weighted by molar-refractivity contribution is 0.565. The van der Waals surface area contributed by atoms with Crippen molar-refractivity contribution in [2.45, 2.75) is 27.7 Å². The summed E-state index contributed by atoms with van der Waals surface area (Å²) in [5.41, 5.74) is 2.42. The van der Waals surface area contributed by atoms with Gasteiger partial charge < -0.3 is 0 Å². The average molecular weight is 228 g/mol. The zero-order chi connectivity index (χ0) is 13.3. The minimum Gasteiger partial charge on any atom is -0.0991 e. The molecule has 0 spiro atoms. The van der Waals surface area contributed by atoms with Gasteiger partial charge in [-0.2, -0.15) is 0 Å². The summed E-state index contributed by atoms with van der Waals surface area (Å²) in [5.74, 6) is 0. The molecule has 0 aromatic carbocycles. The van der Waals surface area contributed by atoms with Crippen LogP contribution in [0.15, 0.2) is 72.9 Å². The molecule has 0 aromatic heterocycles. The van der Waals surface area contributed by atoms with Crippen LogP contribution >= 0.6 is 0 Å². The van der Waals surface area contributed by atoms with E-state index in [1.54, 1.807) is 6.08 Å². The summed E-state index contributed by atoms with van der Waals surface area (Å²) < 4.78 is 0. The SMILES string of the molecule is C=C/C=C\C(=C/C)C(C)(C)/C(C=C)=C/C=C\C. The van der Waals surface area contributed by atoms with Gasteiger partial charge in [0, 0.05) is 5.41 Å². The zero-order valence-corrected chi connectivity index (χ0v) is 11.5. The van der Waals surface area contributed by atoms with Crippen LogP contribution < -0.4 is 0 Å². The third-order valence-corrected chi connectivity index (χ3v) is 2.85. The Morgan fingerprint density at radius 2 is 1.65 bits per heavy atom. The van der Waals surface area contributed by atoms with Gasteiger partial charge in [-0.15, -0.1) is 0 Å². The molecule has 0 aliphatic heterocycles. The van der Waals surface area contributed by atoms with Crippen LogP contribution in [-0.2, 0) is 0 Å². The van der Waals surface area contributed by atoms with E-state index in [2.05, 4.69) is 52.2 Å². The molecule has 0 aliphatic rings. The van der Waals surface area contributed by atoms with Gasteiger partial charge in [0.25, 0.3) is 0 Å². The highest BCUT2D eigenvalue weighted by Gasteiger charge is 2.23. The maximum absolute atomic E-state index is 3.90. The van der Waals surface area contributed by atoms with Gasteiger partial charge in [-0.05, 0) is 25.0 Å². The standard InChI is InChI=1S/C17H24/c1-7-11-13-15(9-3)17(5,6)16(10-4)14-12-8-2/h7-14H,1,4H2,2-3,5-6H3/b12-8-,13-11-,15-9+,16-14+. The molecule has 0 nitrogen and oxygen atoms in total. The molecule has 17 heavy (non-hydrogen) atoms. The normalized spacial score (nSPS) is 14.6. The summed E-state index contributed by atoms with van der Waals surface area (Å²) in [6.45, 7) is 16.1. The minimum atomic E-state index is -0.0461. The molecule has 0 amide bonds. The van der Waals surface area contributed by atoms with Crippen molar-refractivity contribution in [3.05, 3.63) is 72.9 Å². The zero-order valence-electron chi connectivity index (χ0n) is 11.5. The first-order chi connectivity index (χ1) is 8.04. The van der Waals surface area contributed by atoms with Gasteiger partial charge in [0.15, 0.2) is 0 Å². The Bertz CT molecular complexity index is 371. The molecule has 0 heterocycles. The van der Waals surface area contributed by atoms with E-state index in [0.29, 0.717) is 0 Å². The van der Waals surface area contributed by atoms with E-state index in [0.717, 1.165) is 0 Å². The Morgan fingerprint density at radius 3 is 2.06 bits per heavy atom. The van der Waals surface area contributed by atoms with E-state index in [1.165, 1.54) is 11.1 Å². The molecular weight excluding hydrogens is 204 g/mol. The number of rotatable bonds is 6. The topological polar surface area (TPSA) is 0 Å². The molecule has 0 bridgehead atoms. The molecule has 0 rings (SSSR count). The van der Waals surface area contributed by atoms with Gasteiger partial charge in [-0.3, -0.25) is 0 Å². The Kier molecular flexibility index (Phi) is 6.97. The Balaban J connectivity index is 5.40. The van der Waals surface area contributed by atoms with Gasteiger partial charge in [0.1, 0.15) is 0 Å². The Hall–Kier alpha value is -1.56. The highest BCUT2D eigenvalue weighted by molar-refractivity contribution is 5.41. The summed E-state index contributed by atoms with van der Waals surface area (Å²) in [6.07, 6.45) is 16.1. The van der Waals surface area contributed by atoms with Crippen molar-refractivity contribution in [1.29, 1.82) is 0 Å². The first-order valence-electron chi connectivity index (χ1n) is 5.96. The Labute approximate surface area is 106 Å². The van der Waals surface area contributed by atoms with Crippen molar-refractivity contribution in [1.82, 2.24) is 0 Å². The van der Waals surface area contributed by atoms with Crippen LogP contribution in [0.4, 0.5) is 0 Å². The Morgan fingerprint density at radius 1 is 1.00 bits per heavy atom. The summed E-state index contributed by atoms with van der Waals surface area (Å²) in [6, 6.07) is 0. The van der Waals surface area contributed by atoms with Crippen LogP contribution in [0.2, 0.25) is 0 Å². The molecule has 0 fully saturated rings. The number of hydrogen-bond donors (Lipinski definition) is 0. The lowest BCUT2D eigenvalue weighted by Gasteiger charge is -2.28. The van der Waals surface area contributed by atoms with E-state index in [1.807, 2.05) is 31.2 Å². The first-order valence-corrected chi connectivity index (χ1v) is 5.96. The largest absolute Gasteiger partial charge is 0.0991 e. The summed E-state index contributed by atoms with van der Waals surface area (Å²) in [5, 5.41) is 0. The molecule has 0 aromatic rings. The second-order valence-electron chi connectivity index (χ2n) is 4.32. The smallest absolute Gasteiger partial charge is 0.0143 e. The molecule has 0 aliphatic carbocycles. The quantitative estimate of drug-likeness (QED) is 0.535. The number of allylic oxidation sites excluding steroid dienone is 10. The van der Waals surface area contributed by atoms with Crippen LogP contribution in [0.3, 0.4) is 0 Å². The van der Waals surface area contributed by atoms with Gasteiger partial charge >= 0.3 is 0 Å². The van der Waals surface area contributed by atoms with Gasteiger partial charge in [0.05, 0.1) is 0 Å². The molecule has 0 heteroatoms. The second-order valence-corrected chi connectivity index (χ2v) is 4.32. The van der Waals surface area contributed by atoms with Crippen LogP contribution in [0.5, 0.6) is 0 Å². The maximum Gasteiger partial charge on any atom is 0.0143 e. The lowest BCUT2D eigenvalue weighted by Crippen LogP contribution is -2.15. The van der Waals surface area contributed by atoms with Crippen molar-refractivity contribution in [3.63, 3.8) is 0 Å². The fraction of sp³-hybridized carbons (Fsp3) is 0.294. The molecule has 0 atom stereocenters. The van der Waals surface area contributed by atoms with Crippen molar-refractivity contribution < 1.29 is 0 Å².